The van der Waals surface area contributed by atoms with Crippen LogP contribution in [0.5, 0.6) is 0 Å². The smallest absolute Gasteiger partial charge is 0.270 e. The maximum Gasteiger partial charge on any atom is 0.270 e. The van der Waals surface area contributed by atoms with Crippen LogP contribution in [0.15, 0.2) is 42.5 Å². The first-order valence-corrected chi connectivity index (χ1v) is 10.4. The number of hydrogen-bond acceptors (Lipinski definition) is 5. The molecule has 0 aliphatic carbocycles. The highest BCUT2D eigenvalue weighted by atomic mass is 19.1. The van der Waals surface area contributed by atoms with Gasteiger partial charge in [0.1, 0.15) is 5.82 Å². The number of nitro benzene ring substituents is 1. The van der Waals surface area contributed by atoms with Gasteiger partial charge in [-0.15, -0.1) is 0 Å². The molecule has 8 heteroatoms. The second-order valence-electron chi connectivity index (χ2n) is 7.76. The van der Waals surface area contributed by atoms with E-state index in [9.17, 15) is 19.3 Å². The number of halogens is 1. The number of non-ortho nitro benzene ring substituents is 1. The van der Waals surface area contributed by atoms with Crippen molar-refractivity contribution in [1.82, 2.24) is 4.90 Å². The molecule has 2 fully saturated rings. The van der Waals surface area contributed by atoms with E-state index in [1.807, 2.05) is 0 Å². The fourth-order valence-electron chi connectivity index (χ4n) is 4.21. The average Bonchev–Trinajstić information content (AvgIpc) is 2.79. The van der Waals surface area contributed by atoms with Crippen LogP contribution >= 0.6 is 0 Å². The first-order valence-electron chi connectivity index (χ1n) is 10.4. The highest BCUT2D eigenvalue weighted by Gasteiger charge is 2.27. The molecule has 2 saturated heterocycles. The van der Waals surface area contributed by atoms with Gasteiger partial charge < -0.3 is 14.7 Å². The fraction of sp³-hybridized carbons (Fsp3) is 0.409. The summed E-state index contributed by atoms with van der Waals surface area (Å²) in [4.78, 5) is 30.2. The van der Waals surface area contributed by atoms with E-state index in [-0.39, 0.29) is 17.4 Å². The van der Waals surface area contributed by atoms with E-state index >= 15 is 0 Å². The summed E-state index contributed by atoms with van der Waals surface area (Å²) in [6.45, 7) is 4.00. The number of nitro groups is 1. The molecule has 7 nitrogen and oxygen atoms in total. The lowest BCUT2D eigenvalue weighted by atomic mass is 10.0. The molecule has 2 heterocycles. The topological polar surface area (TPSA) is 69.9 Å². The normalized spacial score (nSPS) is 17.2. The van der Waals surface area contributed by atoms with Crippen molar-refractivity contribution >= 4 is 23.0 Å². The summed E-state index contributed by atoms with van der Waals surface area (Å²) in [5, 5.41) is 11.3. The minimum absolute atomic E-state index is 0.0657. The van der Waals surface area contributed by atoms with Gasteiger partial charge in [-0.25, -0.2) is 4.39 Å². The van der Waals surface area contributed by atoms with Crippen LogP contribution in [0.3, 0.4) is 0 Å². The average molecular weight is 412 g/mol. The number of piperazine rings is 1. The van der Waals surface area contributed by atoms with Gasteiger partial charge in [-0.3, -0.25) is 14.9 Å². The molecule has 2 aromatic carbocycles. The molecule has 0 spiro atoms. The Hall–Kier alpha value is -3.16. The molecule has 0 saturated carbocycles. The summed E-state index contributed by atoms with van der Waals surface area (Å²) >= 11 is 0. The molecule has 0 bridgehead atoms. The molecular formula is C22H25FN4O3. The lowest BCUT2D eigenvalue weighted by molar-refractivity contribution is -0.384. The largest absolute Gasteiger partial charge is 0.371 e. The minimum atomic E-state index is -0.455. The molecule has 4 rings (SSSR count). The van der Waals surface area contributed by atoms with Gasteiger partial charge in [-0.05, 0) is 49.6 Å². The predicted octanol–water partition coefficient (Wildman–Crippen LogP) is 3.69. The zero-order valence-electron chi connectivity index (χ0n) is 16.8. The molecule has 0 radical (unpaired) electrons. The molecule has 1 amide bonds. The number of rotatable bonds is 4. The number of hydrogen-bond donors (Lipinski definition) is 0. The highest BCUT2D eigenvalue weighted by Crippen LogP contribution is 2.29. The summed E-state index contributed by atoms with van der Waals surface area (Å²) in [6, 6.07) is 10.9. The van der Waals surface area contributed by atoms with Crippen LogP contribution in [-0.2, 0) is 0 Å². The van der Waals surface area contributed by atoms with E-state index in [4.69, 9.17) is 0 Å². The van der Waals surface area contributed by atoms with Crippen molar-refractivity contribution in [3.63, 3.8) is 0 Å². The summed E-state index contributed by atoms with van der Waals surface area (Å²) in [6.07, 6.45) is 3.28. The van der Waals surface area contributed by atoms with E-state index in [1.54, 1.807) is 23.1 Å². The van der Waals surface area contributed by atoms with Crippen molar-refractivity contribution in [2.75, 3.05) is 49.1 Å². The number of nitrogens with zero attached hydrogens (tertiary/aromatic N) is 4. The van der Waals surface area contributed by atoms with Gasteiger partial charge >= 0.3 is 0 Å². The van der Waals surface area contributed by atoms with E-state index in [2.05, 4.69) is 9.80 Å². The number of piperidine rings is 1. The monoisotopic (exact) mass is 412 g/mol. The van der Waals surface area contributed by atoms with Crippen molar-refractivity contribution in [1.29, 1.82) is 0 Å². The number of amides is 1. The van der Waals surface area contributed by atoms with E-state index in [0.717, 1.165) is 43.7 Å². The molecule has 158 valence electrons. The molecular weight excluding hydrogens is 387 g/mol. The maximum atomic E-state index is 13.3. The molecule has 0 unspecified atom stereocenters. The second kappa shape index (κ2) is 8.69. The number of carbonyl (C=O) groups is 1. The summed E-state index contributed by atoms with van der Waals surface area (Å²) < 4.78 is 13.2. The Morgan fingerprint density at radius 3 is 2.17 bits per heavy atom. The van der Waals surface area contributed by atoms with Crippen molar-refractivity contribution in [2.45, 2.75) is 19.3 Å². The Labute approximate surface area is 174 Å². The molecule has 0 atom stereocenters. The van der Waals surface area contributed by atoms with Crippen LogP contribution in [0.25, 0.3) is 0 Å². The first-order chi connectivity index (χ1) is 14.5. The van der Waals surface area contributed by atoms with Crippen LogP contribution in [0.2, 0.25) is 0 Å². The van der Waals surface area contributed by atoms with Gasteiger partial charge in [0, 0.05) is 57.1 Å². The van der Waals surface area contributed by atoms with Crippen molar-refractivity contribution in [2.24, 2.45) is 0 Å². The van der Waals surface area contributed by atoms with Crippen molar-refractivity contribution in [3.05, 3.63) is 64.0 Å². The second-order valence-corrected chi connectivity index (χ2v) is 7.76. The molecule has 2 aliphatic heterocycles. The van der Waals surface area contributed by atoms with Gasteiger partial charge in [0.05, 0.1) is 16.2 Å². The molecule has 2 aromatic rings. The Bertz CT molecular complexity index is 920. The lowest BCUT2D eigenvalue weighted by Crippen LogP contribution is -2.49. The molecule has 30 heavy (non-hydrogen) atoms. The van der Waals surface area contributed by atoms with E-state index in [1.165, 1.54) is 24.3 Å². The lowest BCUT2D eigenvalue weighted by Gasteiger charge is -2.37. The van der Waals surface area contributed by atoms with Crippen molar-refractivity contribution in [3.8, 4) is 0 Å². The standard InChI is InChI=1S/C22H25FN4O3/c23-17-4-6-18(7-5-17)24-12-14-26(15-13-24)22(28)20-16-19(27(29)30)8-9-21(20)25-10-2-1-3-11-25/h4-9,16H,1-3,10-15H2. The van der Waals surface area contributed by atoms with Gasteiger partial charge in [0.25, 0.3) is 11.6 Å². The summed E-state index contributed by atoms with van der Waals surface area (Å²) in [5.41, 5.74) is 2.05. The van der Waals surface area contributed by atoms with Crippen LogP contribution < -0.4 is 9.80 Å². The third-order valence-electron chi connectivity index (χ3n) is 5.88. The predicted molar refractivity (Wildman–Crippen MR) is 114 cm³/mol. The van der Waals surface area contributed by atoms with E-state index < -0.39 is 4.92 Å². The Morgan fingerprint density at radius 2 is 1.53 bits per heavy atom. The zero-order valence-corrected chi connectivity index (χ0v) is 16.8. The van der Waals surface area contributed by atoms with Crippen LogP contribution in [0.1, 0.15) is 29.6 Å². The van der Waals surface area contributed by atoms with Gasteiger partial charge in [0.15, 0.2) is 0 Å². The molecule has 0 N–H and O–H groups in total. The maximum absolute atomic E-state index is 13.3. The van der Waals surface area contributed by atoms with Gasteiger partial charge in [0.2, 0.25) is 0 Å². The number of benzene rings is 2. The van der Waals surface area contributed by atoms with Crippen LogP contribution in [-0.4, -0.2) is 55.0 Å². The van der Waals surface area contributed by atoms with Crippen LogP contribution in [0, 0.1) is 15.9 Å². The minimum Gasteiger partial charge on any atom is -0.371 e. The quantitative estimate of drug-likeness (QED) is 0.566. The Kier molecular flexibility index (Phi) is 5.83. The summed E-state index contributed by atoms with van der Waals surface area (Å²) in [7, 11) is 0. The fourth-order valence-corrected chi connectivity index (χ4v) is 4.21. The first kappa shape index (κ1) is 20.1. The van der Waals surface area contributed by atoms with Crippen LogP contribution in [0.4, 0.5) is 21.5 Å². The molecule has 2 aliphatic rings. The third kappa shape index (κ3) is 4.22. The van der Waals surface area contributed by atoms with E-state index in [0.29, 0.717) is 31.7 Å². The number of carbonyl (C=O) groups excluding carboxylic acids is 1. The van der Waals surface area contributed by atoms with Gasteiger partial charge in [-0.2, -0.15) is 0 Å². The number of anilines is 2. The zero-order chi connectivity index (χ0) is 21.1. The van der Waals surface area contributed by atoms with Crippen molar-refractivity contribution < 1.29 is 14.1 Å². The highest BCUT2D eigenvalue weighted by molar-refractivity contribution is 6.00. The SMILES string of the molecule is O=C(c1cc([N+](=O)[O-])ccc1N1CCCCC1)N1CCN(c2ccc(F)cc2)CC1. The Balaban J connectivity index is 1.52. The molecule has 0 aromatic heterocycles. The summed E-state index contributed by atoms with van der Waals surface area (Å²) in [5.74, 6) is -0.443. The Morgan fingerprint density at radius 1 is 0.867 bits per heavy atom. The third-order valence-corrected chi connectivity index (χ3v) is 5.88. The van der Waals surface area contributed by atoms with Gasteiger partial charge in [-0.1, -0.05) is 0 Å².